The molecule has 0 atom stereocenters. The van der Waals surface area contributed by atoms with Gasteiger partial charge in [0.2, 0.25) is 0 Å². The Balaban J connectivity index is 0.946. The Labute approximate surface area is 389 Å². The summed E-state index contributed by atoms with van der Waals surface area (Å²) in [5.74, 6) is 1.76. The molecule has 0 aliphatic carbocycles. The number of aromatic nitrogens is 3. The molecule has 4 heteroatoms. The predicted octanol–water partition coefficient (Wildman–Crippen LogP) is 16.8. The Morgan fingerprint density at radius 2 is 0.597 bits per heavy atom. The maximum Gasteiger partial charge on any atom is 0.164 e. The van der Waals surface area contributed by atoms with Crippen LogP contribution < -0.4 is 0 Å². The average molecular weight is 856 g/mol. The van der Waals surface area contributed by atoms with E-state index in [1.165, 1.54) is 27.8 Å². The molecule has 4 nitrogen and oxygen atoms in total. The lowest BCUT2D eigenvalue weighted by Gasteiger charge is -2.11. The second-order valence-electron chi connectivity index (χ2n) is 16.8. The van der Waals surface area contributed by atoms with Crippen LogP contribution >= 0.6 is 0 Å². The first-order chi connectivity index (χ1) is 33.2. The zero-order valence-corrected chi connectivity index (χ0v) is 36.4. The predicted molar refractivity (Wildman–Crippen MR) is 276 cm³/mol. The highest BCUT2D eigenvalue weighted by molar-refractivity contribution is 6.15. The molecule has 0 saturated heterocycles. The molecule has 0 saturated carbocycles. The number of benzene rings is 10. The minimum absolute atomic E-state index is 0.575. The molecule has 0 fully saturated rings. The molecule has 0 bridgehead atoms. The van der Waals surface area contributed by atoms with Gasteiger partial charge in [-0.1, -0.05) is 231 Å². The molecule has 0 aliphatic rings. The van der Waals surface area contributed by atoms with E-state index in [2.05, 4.69) is 224 Å². The van der Waals surface area contributed by atoms with Crippen LogP contribution in [0.5, 0.6) is 0 Å². The van der Waals surface area contributed by atoms with Crippen molar-refractivity contribution in [1.82, 2.24) is 15.0 Å². The number of rotatable bonds is 9. The Bertz CT molecular complexity index is 3700. The van der Waals surface area contributed by atoms with Gasteiger partial charge in [-0.2, -0.15) is 0 Å². The zero-order valence-electron chi connectivity index (χ0n) is 36.4. The highest BCUT2D eigenvalue weighted by atomic mass is 16.3. The zero-order chi connectivity index (χ0) is 44.5. The van der Waals surface area contributed by atoms with Crippen molar-refractivity contribution in [2.24, 2.45) is 0 Å². The van der Waals surface area contributed by atoms with Crippen molar-refractivity contribution in [2.45, 2.75) is 0 Å². The summed E-state index contributed by atoms with van der Waals surface area (Å²) in [4.78, 5) is 15.7. The van der Waals surface area contributed by atoms with Gasteiger partial charge in [0, 0.05) is 33.0 Å². The van der Waals surface area contributed by atoms with Gasteiger partial charge in [-0.3, -0.25) is 0 Å². The highest BCUT2D eigenvalue weighted by Crippen LogP contribution is 2.41. The van der Waals surface area contributed by atoms with E-state index in [9.17, 15) is 0 Å². The Morgan fingerprint density at radius 3 is 1.15 bits per heavy atom. The van der Waals surface area contributed by atoms with E-state index in [4.69, 9.17) is 19.4 Å². The average Bonchev–Trinajstić information content (AvgIpc) is 3.81. The van der Waals surface area contributed by atoms with Crippen molar-refractivity contribution in [1.29, 1.82) is 0 Å². The summed E-state index contributed by atoms with van der Waals surface area (Å²) in [7, 11) is 0. The van der Waals surface area contributed by atoms with E-state index in [1.807, 2.05) is 24.3 Å². The van der Waals surface area contributed by atoms with Crippen LogP contribution in [0.25, 0.3) is 123 Å². The van der Waals surface area contributed by atoms with Crippen LogP contribution in [-0.2, 0) is 0 Å². The van der Waals surface area contributed by atoms with Crippen molar-refractivity contribution in [3.05, 3.63) is 249 Å². The summed E-state index contributed by atoms with van der Waals surface area (Å²) in [5, 5.41) is 1.96. The molecule has 0 amide bonds. The number of hydrogen-bond donors (Lipinski definition) is 0. The van der Waals surface area contributed by atoms with Gasteiger partial charge in [0.15, 0.2) is 17.5 Å². The van der Waals surface area contributed by atoms with Crippen LogP contribution in [0.3, 0.4) is 0 Å². The van der Waals surface area contributed by atoms with Crippen LogP contribution in [0.2, 0.25) is 0 Å². The summed E-state index contributed by atoms with van der Waals surface area (Å²) in [6.07, 6.45) is 0. The van der Waals surface area contributed by atoms with Gasteiger partial charge in [-0.15, -0.1) is 0 Å². The largest absolute Gasteiger partial charge is 0.455 e. The number of hydrogen-bond acceptors (Lipinski definition) is 4. The number of para-hydroxylation sites is 1. The third kappa shape index (κ3) is 7.77. The third-order valence-electron chi connectivity index (χ3n) is 12.6. The Hall–Kier alpha value is -8.99. The van der Waals surface area contributed by atoms with E-state index < -0.39 is 0 Å². The van der Waals surface area contributed by atoms with Gasteiger partial charge in [-0.05, 0) is 79.4 Å². The van der Waals surface area contributed by atoms with E-state index >= 15 is 0 Å². The lowest BCUT2D eigenvalue weighted by Crippen LogP contribution is -2.00. The maximum absolute atomic E-state index is 6.79. The Kier molecular flexibility index (Phi) is 10.2. The van der Waals surface area contributed by atoms with Gasteiger partial charge in [0.25, 0.3) is 0 Å². The fourth-order valence-corrected chi connectivity index (χ4v) is 9.13. The monoisotopic (exact) mass is 855 g/mol. The van der Waals surface area contributed by atoms with Crippen molar-refractivity contribution in [2.75, 3.05) is 0 Å². The molecule has 0 spiro atoms. The van der Waals surface area contributed by atoms with Gasteiger partial charge in [0.1, 0.15) is 11.2 Å². The van der Waals surface area contributed by atoms with E-state index in [0.29, 0.717) is 17.5 Å². The smallest absolute Gasteiger partial charge is 0.164 e. The highest BCUT2D eigenvalue weighted by Gasteiger charge is 2.20. The standard InChI is InChI=1S/C63H41N3O/c1-4-14-42(15-5-1)45-28-30-47(31-29-45)53-22-11-23-54(41-53)62-64-61(50-38-34-46(35-39-50)43-16-6-2-7-17-43)65-63(66-62)57-26-13-27-58-59(57)56-25-12-24-55(60(56)67-58)49-36-32-48(33-37-49)52-21-10-20-51(40-52)44-18-8-3-9-19-44/h1-41H. The van der Waals surface area contributed by atoms with Gasteiger partial charge in [0.05, 0.1) is 0 Å². The van der Waals surface area contributed by atoms with Crippen LogP contribution in [0, 0.1) is 0 Å². The second kappa shape index (κ2) is 17.2. The van der Waals surface area contributed by atoms with Crippen molar-refractivity contribution >= 4 is 21.9 Å². The quantitative estimate of drug-likeness (QED) is 0.145. The maximum atomic E-state index is 6.79. The molecular formula is C63H41N3O. The van der Waals surface area contributed by atoms with Crippen molar-refractivity contribution < 1.29 is 4.42 Å². The van der Waals surface area contributed by atoms with Crippen LogP contribution in [-0.4, -0.2) is 15.0 Å². The molecule has 0 unspecified atom stereocenters. The molecule has 314 valence electrons. The first kappa shape index (κ1) is 39.6. The lowest BCUT2D eigenvalue weighted by atomic mass is 9.96. The second-order valence-corrected chi connectivity index (χ2v) is 16.8. The minimum atomic E-state index is 0.575. The molecule has 0 aliphatic heterocycles. The first-order valence-electron chi connectivity index (χ1n) is 22.6. The number of fused-ring (bicyclic) bond motifs is 3. The van der Waals surface area contributed by atoms with E-state index in [0.717, 1.165) is 77.6 Å². The summed E-state index contributed by atoms with van der Waals surface area (Å²) in [6.45, 7) is 0. The third-order valence-corrected chi connectivity index (χ3v) is 12.6. The molecule has 10 aromatic carbocycles. The SMILES string of the molecule is c1ccc(-c2ccc(-c3cccc(-c4nc(-c5ccc(-c6ccccc6)cc5)nc(-c5cccc6oc7c(-c8ccc(-c9cccc(-c%10ccccc%10)c9)cc8)cccc7c56)n4)c3)cc2)cc1. The van der Waals surface area contributed by atoms with Crippen LogP contribution in [0.1, 0.15) is 0 Å². The van der Waals surface area contributed by atoms with Crippen molar-refractivity contribution in [3.63, 3.8) is 0 Å². The molecule has 0 N–H and O–H groups in total. The lowest BCUT2D eigenvalue weighted by molar-refractivity contribution is 0.670. The van der Waals surface area contributed by atoms with Crippen LogP contribution in [0.15, 0.2) is 253 Å². The summed E-state index contributed by atoms with van der Waals surface area (Å²) < 4.78 is 6.79. The molecule has 0 radical (unpaired) electrons. The van der Waals surface area contributed by atoms with Crippen molar-refractivity contribution in [3.8, 4) is 101 Å². The molecule has 2 aromatic heterocycles. The molecule has 12 aromatic rings. The Morgan fingerprint density at radius 1 is 0.239 bits per heavy atom. The first-order valence-corrected chi connectivity index (χ1v) is 22.6. The number of nitrogens with zero attached hydrogens (tertiary/aromatic N) is 3. The summed E-state index contributed by atoms with van der Waals surface area (Å²) in [5.41, 5.74) is 17.9. The van der Waals surface area contributed by atoms with E-state index in [1.54, 1.807) is 0 Å². The topological polar surface area (TPSA) is 51.8 Å². The normalized spacial score (nSPS) is 11.3. The number of furan rings is 1. The molecule has 2 heterocycles. The van der Waals surface area contributed by atoms with Gasteiger partial charge < -0.3 is 4.42 Å². The molecule has 12 rings (SSSR count). The van der Waals surface area contributed by atoms with Crippen LogP contribution in [0.4, 0.5) is 0 Å². The molecular weight excluding hydrogens is 815 g/mol. The van der Waals surface area contributed by atoms with E-state index in [-0.39, 0.29) is 0 Å². The summed E-state index contributed by atoms with van der Waals surface area (Å²) >= 11 is 0. The van der Waals surface area contributed by atoms with Gasteiger partial charge in [-0.25, -0.2) is 15.0 Å². The fourth-order valence-electron chi connectivity index (χ4n) is 9.13. The summed E-state index contributed by atoms with van der Waals surface area (Å²) in [6, 6.07) is 87.0. The van der Waals surface area contributed by atoms with Gasteiger partial charge >= 0.3 is 0 Å². The molecule has 67 heavy (non-hydrogen) atoms. The fraction of sp³-hybridized carbons (Fsp3) is 0. The minimum Gasteiger partial charge on any atom is -0.455 e.